The van der Waals surface area contributed by atoms with Crippen molar-refractivity contribution in [2.75, 3.05) is 4.72 Å². The van der Waals surface area contributed by atoms with Crippen molar-refractivity contribution >= 4 is 38.0 Å². The van der Waals surface area contributed by atoms with Crippen LogP contribution < -0.4 is 4.72 Å². The molecule has 0 atom stereocenters. The standard InChI is InChI=1S/C14H13F2N3O2S2/c1-7-3-4-10(13-12(7)9(5-18-13)14(15)16)19-23(20,21)11-6-17-8(2)22-11/h3-6,14,18-19H,1-2H3. The second-order valence-corrected chi connectivity index (χ2v) is 8.17. The Kier molecular flexibility index (Phi) is 3.85. The van der Waals surface area contributed by atoms with Gasteiger partial charge in [0.15, 0.2) is 4.21 Å². The fourth-order valence-corrected chi connectivity index (χ4v) is 4.55. The third kappa shape index (κ3) is 2.81. The lowest BCUT2D eigenvalue weighted by molar-refractivity contribution is 0.153. The number of H-pyrrole nitrogens is 1. The summed E-state index contributed by atoms with van der Waals surface area (Å²) in [5.41, 5.74) is 1.06. The molecule has 0 aliphatic carbocycles. The molecule has 0 unspecified atom stereocenters. The van der Waals surface area contributed by atoms with Crippen molar-refractivity contribution in [2.24, 2.45) is 0 Å². The smallest absolute Gasteiger partial charge is 0.273 e. The van der Waals surface area contributed by atoms with Crippen molar-refractivity contribution in [1.82, 2.24) is 9.97 Å². The number of anilines is 1. The van der Waals surface area contributed by atoms with Gasteiger partial charge in [-0.1, -0.05) is 6.07 Å². The number of benzene rings is 1. The van der Waals surface area contributed by atoms with Gasteiger partial charge in [0, 0.05) is 17.1 Å². The first-order valence-corrected chi connectivity index (χ1v) is 8.93. The quantitative estimate of drug-likeness (QED) is 0.742. The summed E-state index contributed by atoms with van der Waals surface area (Å²) in [5, 5.41) is 0.958. The molecule has 0 saturated carbocycles. The van der Waals surface area contributed by atoms with E-state index in [1.165, 1.54) is 12.4 Å². The molecule has 0 aliphatic heterocycles. The Morgan fingerprint density at radius 2 is 2.04 bits per heavy atom. The third-order valence-electron chi connectivity index (χ3n) is 3.42. The number of thiazole rings is 1. The summed E-state index contributed by atoms with van der Waals surface area (Å²) in [4.78, 5) is 6.66. The van der Waals surface area contributed by atoms with Crippen molar-refractivity contribution in [3.8, 4) is 0 Å². The first-order chi connectivity index (χ1) is 10.8. The molecule has 122 valence electrons. The summed E-state index contributed by atoms with van der Waals surface area (Å²) < 4.78 is 53.4. The van der Waals surface area contributed by atoms with Crippen molar-refractivity contribution in [3.05, 3.63) is 40.7 Å². The number of aromatic amines is 1. The van der Waals surface area contributed by atoms with E-state index in [1.807, 2.05) is 0 Å². The van der Waals surface area contributed by atoms with Crippen LogP contribution in [-0.4, -0.2) is 18.4 Å². The summed E-state index contributed by atoms with van der Waals surface area (Å²) in [6, 6.07) is 3.16. The highest BCUT2D eigenvalue weighted by atomic mass is 32.2. The summed E-state index contributed by atoms with van der Waals surface area (Å²) in [5.74, 6) is 0. The maximum Gasteiger partial charge on any atom is 0.273 e. The Morgan fingerprint density at radius 3 is 2.65 bits per heavy atom. The van der Waals surface area contributed by atoms with Crippen LogP contribution in [0.3, 0.4) is 0 Å². The van der Waals surface area contributed by atoms with Crippen LogP contribution in [0.25, 0.3) is 10.9 Å². The molecule has 0 saturated heterocycles. The molecule has 2 N–H and O–H groups in total. The molecule has 9 heteroatoms. The van der Waals surface area contributed by atoms with Gasteiger partial charge < -0.3 is 4.98 Å². The maximum absolute atomic E-state index is 13.1. The van der Waals surface area contributed by atoms with Crippen LogP contribution in [0.4, 0.5) is 14.5 Å². The summed E-state index contributed by atoms with van der Waals surface area (Å²) in [7, 11) is -3.81. The minimum atomic E-state index is -3.81. The highest BCUT2D eigenvalue weighted by Crippen LogP contribution is 2.35. The molecule has 3 aromatic rings. The van der Waals surface area contributed by atoms with Crippen LogP contribution in [0, 0.1) is 13.8 Å². The molecule has 0 bridgehead atoms. The average molecular weight is 357 g/mol. The van der Waals surface area contributed by atoms with Crippen LogP contribution in [0.2, 0.25) is 0 Å². The molecule has 2 heterocycles. The number of alkyl halides is 2. The topological polar surface area (TPSA) is 74.8 Å². The fourth-order valence-electron chi connectivity index (χ4n) is 2.37. The number of sulfonamides is 1. The van der Waals surface area contributed by atoms with Crippen molar-refractivity contribution in [2.45, 2.75) is 24.5 Å². The number of rotatable bonds is 4. The molecular formula is C14H13F2N3O2S2. The van der Waals surface area contributed by atoms with Gasteiger partial charge in [-0.3, -0.25) is 4.72 Å². The number of nitrogens with zero attached hydrogens (tertiary/aromatic N) is 1. The lowest BCUT2D eigenvalue weighted by Crippen LogP contribution is -2.12. The number of hydrogen-bond donors (Lipinski definition) is 2. The van der Waals surface area contributed by atoms with Gasteiger partial charge >= 0.3 is 0 Å². The zero-order valence-electron chi connectivity index (χ0n) is 12.2. The van der Waals surface area contributed by atoms with Gasteiger partial charge in [-0.05, 0) is 25.5 Å². The molecular weight excluding hydrogens is 344 g/mol. The van der Waals surface area contributed by atoms with Crippen molar-refractivity contribution in [3.63, 3.8) is 0 Å². The molecule has 0 aliphatic rings. The van der Waals surface area contributed by atoms with Gasteiger partial charge in [-0.2, -0.15) is 0 Å². The number of nitrogens with one attached hydrogen (secondary N) is 2. The SMILES string of the molecule is Cc1ncc(S(=O)(=O)Nc2ccc(C)c3c(C(F)F)c[nH]c23)s1. The monoisotopic (exact) mass is 357 g/mol. The van der Waals surface area contributed by atoms with E-state index in [9.17, 15) is 17.2 Å². The van der Waals surface area contributed by atoms with Gasteiger partial charge in [0.05, 0.1) is 22.4 Å². The molecule has 0 fully saturated rings. The van der Waals surface area contributed by atoms with E-state index in [-0.39, 0.29) is 15.5 Å². The van der Waals surface area contributed by atoms with Gasteiger partial charge in [0.1, 0.15) is 0 Å². The van der Waals surface area contributed by atoms with Crippen LogP contribution in [0.15, 0.2) is 28.7 Å². The van der Waals surface area contributed by atoms with Crippen molar-refractivity contribution in [1.29, 1.82) is 0 Å². The highest BCUT2D eigenvalue weighted by Gasteiger charge is 2.21. The Bertz CT molecular complexity index is 977. The fraction of sp³-hybridized carbons (Fsp3) is 0.214. The Hall–Kier alpha value is -2.00. The maximum atomic E-state index is 13.1. The predicted octanol–water partition coefficient (Wildman–Crippen LogP) is 3.98. The van der Waals surface area contributed by atoms with E-state index in [4.69, 9.17) is 0 Å². The lowest BCUT2D eigenvalue weighted by atomic mass is 10.1. The van der Waals surface area contributed by atoms with Crippen LogP contribution in [-0.2, 0) is 10.0 Å². The largest absolute Gasteiger partial charge is 0.359 e. The van der Waals surface area contributed by atoms with E-state index in [0.29, 0.717) is 21.5 Å². The summed E-state index contributed by atoms with van der Waals surface area (Å²) in [6.45, 7) is 3.40. The highest BCUT2D eigenvalue weighted by molar-refractivity contribution is 7.94. The third-order valence-corrected chi connectivity index (χ3v) is 6.16. The number of halogens is 2. The van der Waals surface area contributed by atoms with Crippen LogP contribution in [0.1, 0.15) is 22.6 Å². The predicted molar refractivity (Wildman–Crippen MR) is 85.7 cm³/mol. The summed E-state index contributed by atoms with van der Waals surface area (Å²) >= 11 is 1.04. The van der Waals surface area contributed by atoms with Gasteiger partial charge in [-0.25, -0.2) is 22.2 Å². The number of hydrogen-bond acceptors (Lipinski definition) is 4. The van der Waals surface area contributed by atoms with E-state index in [1.54, 1.807) is 26.0 Å². The second-order valence-electron chi connectivity index (χ2n) is 5.03. The Balaban J connectivity index is 2.09. The second kappa shape index (κ2) is 5.57. The number of aromatic nitrogens is 2. The first-order valence-electron chi connectivity index (χ1n) is 6.63. The van der Waals surface area contributed by atoms with E-state index in [0.717, 1.165) is 11.3 Å². The summed E-state index contributed by atoms with van der Waals surface area (Å²) in [6.07, 6.45) is -0.164. The average Bonchev–Trinajstić information content (AvgIpc) is 3.09. The first kappa shape index (κ1) is 15.9. The lowest BCUT2D eigenvalue weighted by Gasteiger charge is -2.09. The van der Waals surface area contributed by atoms with Gasteiger partial charge in [0.2, 0.25) is 0 Å². The molecule has 5 nitrogen and oxygen atoms in total. The number of aryl methyl sites for hydroxylation is 2. The molecule has 2 aromatic heterocycles. The minimum Gasteiger partial charge on any atom is -0.359 e. The molecule has 1 aromatic carbocycles. The van der Waals surface area contributed by atoms with E-state index >= 15 is 0 Å². The van der Waals surface area contributed by atoms with E-state index in [2.05, 4.69) is 14.7 Å². The van der Waals surface area contributed by atoms with Gasteiger partial charge in [0.25, 0.3) is 16.4 Å². The van der Waals surface area contributed by atoms with Crippen molar-refractivity contribution < 1.29 is 17.2 Å². The molecule has 3 rings (SSSR count). The number of fused-ring (bicyclic) bond motifs is 1. The van der Waals surface area contributed by atoms with Gasteiger partial charge in [-0.15, -0.1) is 11.3 Å². The molecule has 0 radical (unpaired) electrons. The minimum absolute atomic E-state index is 0.0735. The Labute approximate surface area is 135 Å². The zero-order chi connectivity index (χ0) is 16.8. The normalized spacial score (nSPS) is 12.2. The van der Waals surface area contributed by atoms with Crippen LogP contribution in [0.5, 0.6) is 0 Å². The van der Waals surface area contributed by atoms with E-state index < -0.39 is 16.4 Å². The zero-order valence-corrected chi connectivity index (χ0v) is 13.9. The van der Waals surface area contributed by atoms with Crippen LogP contribution >= 0.6 is 11.3 Å². The molecule has 23 heavy (non-hydrogen) atoms. The Morgan fingerprint density at radius 1 is 1.30 bits per heavy atom. The molecule has 0 spiro atoms. The molecule has 0 amide bonds.